The first-order valence-electron chi connectivity index (χ1n) is 6.94. The van der Waals surface area contributed by atoms with Crippen LogP contribution >= 0.6 is 0 Å². The van der Waals surface area contributed by atoms with Gasteiger partial charge in [-0.05, 0) is 6.42 Å². The van der Waals surface area contributed by atoms with Crippen LogP contribution in [0.1, 0.15) is 6.42 Å². The van der Waals surface area contributed by atoms with Gasteiger partial charge in [0.1, 0.15) is 0 Å². The molecule has 0 spiro atoms. The van der Waals surface area contributed by atoms with Crippen LogP contribution in [0, 0.1) is 5.82 Å². The Hall–Kier alpha value is -1.56. The van der Waals surface area contributed by atoms with Gasteiger partial charge in [0.15, 0.2) is 0 Å². The van der Waals surface area contributed by atoms with Gasteiger partial charge in [0.05, 0.1) is 25.5 Å². The summed E-state index contributed by atoms with van der Waals surface area (Å²) in [6, 6.07) is -0.610. The Morgan fingerprint density at radius 1 is 1.52 bits per heavy atom. The van der Waals surface area contributed by atoms with Crippen LogP contribution in [0.5, 0.6) is 5.88 Å². The van der Waals surface area contributed by atoms with Gasteiger partial charge in [0, 0.05) is 27.2 Å². The minimum atomic E-state index is -3.63. The predicted molar refractivity (Wildman–Crippen MR) is 80.9 cm³/mol. The van der Waals surface area contributed by atoms with Gasteiger partial charge in [-0.3, -0.25) is 0 Å². The van der Waals surface area contributed by atoms with Crippen LogP contribution in [-0.2, 0) is 10.2 Å². The molecule has 2 atom stereocenters. The van der Waals surface area contributed by atoms with E-state index in [4.69, 9.17) is 4.74 Å². The van der Waals surface area contributed by atoms with Gasteiger partial charge in [0.2, 0.25) is 11.8 Å². The molecule has 1 aliphatic rings. The number of aliphatic hydroxyl groups excluding tert-OH is 1. The maximum absolute atomic E-state index is 13.3. The summed E-state index contributed by atoms with van der Waals surface area (Å²) in [5, 5.41) is 10.2. The first-order valence-corrected chi connectivity index (χ1v) is 8.38. The number of rotatable bonds is 5. The molecule has 0 aliphatic carbocycles. The molecule has 23 heavy (non-hydrogen) atoms. The SMILES string of the molecule is COc1nc(N2CC[C@@H](NS(=O)(=O)N(C)C)[C@H](O)C2)ncc1F. The number of methoxy groups -OCH3 is 1. The lowest BCUT2D eigenvalue weighted by molar-refractivity contribution is 0.123. The topological polar surface area (TPSA) is 108 Å². The molecule has 0 aromatic carbocycles. The molecule has 0 radical (unpaired) electrons. The third-order valence-electron chi connectivity index (χ3n) is 3.54. The van der Waals surface area contributed by atoms with E-state index in [1.54, 1.807) is 4.90 Å². The quantitative estimate of drug-likeness (QED) is 0.699. The van der Waals surface area contributed by atoms with E-state index in [0.717, 1.165) is 10.5 Å². The van der Waals surface area contributed by atoms with Gasteiger partial charge < -0.3 is 14.7 Å². The highest BCUT2D eigenvalue weighted by Gasteiger charge is 2.32. The second-order valence-electron chi connectivity index (χ2n) is 5.34. The molecule has 1 aliphatic heterocycles. The third kappa shape index (κ3) is 4.05. The van der Waals surface area contributed by atoms with Crippen LogP contribution in [0.15, 0.2) is 6.20 Å². The van der Waals surface area contributed by atoms with Crippen LogP contribution in [-0.4, -0.2) is 74.2 Å². The number of anilines is 1. The Bertz CT molecular complexity index is 657. The van der Waals surface area contributed by atoms with Crippen LogP contribution in [0.3, 0.4) is 0 Å². The van der Waals surface area contributed by atoms with Gasteiger partial charge in [-0.2, -0.15) is 26.8 Å². The zero-order chi connectivity index (χ0) is 17.2. The van der Waals surface area contributed by atoms with Crippen molar-refractivity contribution in [2.45, 2.75) is 18.6 Å². The monoisotopic (exact) mass is 349 g/mol. The number of β-amino-alcohol motifs (C(OH)–C–C–N with tert-alkyl or cyclic N) is 1. The minimum Gasteiger partial charge on any atom is -0.479 e. The van der Waals surface area contributed by atoms with Crippen LogP contribution in [0.2, 0.25) is 0 Å². The first-order chi connectivity index (χ1) is 10.7. The highest BCUT2D eigenvalue weighted by molar-refractivity contribution is 7.87. The summed E-state index contributed by atoms with van der Waals surface area (Å²) >= 11 is 0. The third-order valence-corrected chi connectivity index (χ3v) is 5.10. The highest BCUT2D eigenvalue weighted by Crippen LogP contribution is 2.21. The van der Waals surface area contributed by atoms with E-state index in [9.17, 15) is 17.9 Å². The summed E-state index contributed by atoms with van der Waals surface area (Å²) in [5.74, 6) is -0.637. The Balaban J connectivity index is 2.07. The van der Waals surface area contributed by atoms with Gasteiger partial charge >= 0.3 is 0 Å². The number of hydrogen-bond donors (Lipinski definition) is 2. The summed E-state index contributed by atoms with van der Waals surface area (Å²) in [4.78, 5) is 9.46. The lowest BCUT2D eigenvalue weighted by Crippen LogP contribution is -2.56. The van der Waals surface area contributed by atoms with Crippen molar-refractivity contribution < 1.29 is 22.7 Å². The van der Waals surface area contributed by atoms with E-state index in [0.29, 0.717) is 13.0 Å². The molecule has 1 aromatic heterocycles. The smallest absolute Gasteiger partial charge is 0.279 e. The fourth-order valence-electron chi connectivity index (χ4n) is 2.19. The normalized spacial score (nSPS) is 22.4. The fourth-order valence-corrected chi connectivity index (χ4v) is 3.05. The largest absolute Gasteiger partial charge is 0.479 e. The first kappa shape index (κ1) is 17.8. The van der Waals surface area contributed by atoms with Gasteiger partial charge in [-0.25, -0.2) is 4.98 Å². The van der Waals surface area contributed by atoms with E-state index in [1.807, 2.05) is 0 Å². The van der Waals surface area contributed by atoms with E-state index >= 15 is 0 Å². The average Bonchev–Trinajstić information content (AvgIpc) is 2.49. The molecule has 0 amide bonds. The van der Waals surface area contributed by atoms with Gasteiger partial charge in [-0.15, -0.1) is 0 Å². The zero-order valence-corrected chi connectivity index (χ0v) is 13.9. The number of aliphatic hydroxyl groups is 1. The standard InChI is InChI=1S/C12H20FN5O4S/c1-17(2)23(20,21)16-9-4-5-18(7-10(9)19)12-14-6-8(13)11(15-12)22-3/h6,9-10,16,19H,4-5,7H2,1-3H3/t9-,10-/m1/s1. The number of hydrogen-bond acceptors (Lipinski definition) is 7. The van der Waals surface area contributed by atoms with Crippen molar-refractivity contribution in [3.8, 4) is 5.88 Å². The van der Waals surface area contributed by atoms with Gasteiger partial charge in [0.25, 0.3) is 16.1 Å². The molecule has 11 heteroatoms. The number of piperidine rings is 1. The number of halogens is 1. The van der Waals surface area contributed by atoms with E-state index in [-0.39, 0.29) is 18.4 Å². The highest BCUT2D eigenvalue weighted by atomic mass is 32.2. The van der Waals surface area contributed by atoms with Crippen molar-refractivity contribution in [1.82, 2.24) is 19.0 Å². The molecule has 0 bridgehead atoms. The lowest BCUT2D eigenvalue weighted by Gasteiger charge is -2.36. The van der Waals surface area contributed by atoms with Crippen molar-refractivity contribution in [3.63, 3.8) is 0 Å². The second kappa shape index (κ2) is 6.91. The molecule has 2 heterocycles. The molecule has 1 saturated heterocycles. The summed E-state index contributed by atoms with van der Waals surface area (Å²) in [5.41, 5.74) is 0. The second-order valence-corrected chi connectivity index (χ2v) is 7.26. The maximum Gasteiger partial charge on any atom is 0.279 e. The van der Waals surface area contributed by atoms with Crippen molar-refractivity contribution in [2.75, 3.05) is 39.2 Å². The van der Waals surface area contributed by atoms with Crippen molar-refractivity contribution in [2.24, 2.45) is 0 Å². The molecule has 1 aromatic rings. The van der Waals surface area contributed by atoms with Crippen LogP contribution in [0.4, 0.5) is 10.3 Å². The average molecular weight is 349 g/mol. The van der Waals surface area contributed by atoms with E-state index < -0.39 is 28.2 Å². The molecule has 9 nitrogen and oxygen atoms in total. The molecule has 0 unspecified atom stereocenters. The Morgan fingerprint density at radius 3 is 2.78 bits per heavy atom. The maximum atomic E-state index is 13.3. The van der Waals surface area contributed by atoms with Crippen molar-refractivity contribution >= 4 is 16.2 Å². The van der Waals surface area contributed by atoms with E-state index in [1.165, 1.54) is 21.2 Å². The number of nitrogens with zero attached hydrogens (tertiary/aromatic N) is 4. The number of ether oxygens (including phenoxy) is 1. The molecule has 130 valence electrons. The number of aromatic nitrogens is 2. The summed E-state index contributed by atoms with van der Waals surface area (Å²) < 4.78 is 45.3. The Labute approximate surface area is 134 Å². The molecule has 0 saturated carbocycles. The Morgan fingerprint density at radius 2 is 2.22 bits per heavy atom. The molecule has 2 N–H and O–H groups in total. The Kier molecular flexibility index (Phi) is 5.34. The summed E-state index contributed by atoms with van der Waals surface area (Å²) in [7, 11) is 0.483. The zero-order valence-electron chi connectivity index (χ0n) is 13.1. The lowest BCUT2D eigenvalue weighted by atomic mass is 10.0. The molecule has 2 rings (SSSR count). The summed E-state index contributed by atoms with van der Waals surface area (Å²) in [6.07, 6.45) is 0.407. The van der Waals surface area contributed by atoms with E-state index in [2.05, 4.69) is 14.7 Å². The molecular weight excluding hydrogens is 329 g/mol. The number of nitrogens with one attached hydrogen (secondary N) is 1. The predicted octanol–water partition coefficient (Wildman–Crippen LogP) is -1.04. The minimum absolute atomic E-state index is 0.120. The van der Waals surface area contributed by atoms with Crippen LogP contribution in [0.25, 0.3) is 0 Å². The summed E-state index contributed by atoms with van der Waals surface area (Å²) in [6.45, 7) is 0.530. The molecular formula is C12H20FN5O4S. The van der Waals surface area contributed by atoms with Crippen molar-refractivity contribution in [3.05, 3.63) is 12.0 Å². The molecule has 1 fully saturated rings. The van der Waals surface area contributed by atoms with Crippen molar-refractivity contribution in [1.29, 1.82) is 0 Å². The van der Waals surface area contributed by atoms with Gasteiger partial charge in [-0.1, -0.05) is 0 Å². The fraction of sp³-hybridized carbons (Fsp3) is 0.667. The van der Waals surface area contributed by atoms with Crippen LogP contribution < -0.4 is 14.4 Å².